The number of halogens is 1. The fourth-order valence-corrected chi connectivity index (χ4v) is 2.76. The molecule has 1 saturated carbocycles. The molecular formula is C14H18ClNO2. The Bertz CT molecular complexity index is 410. The molecule has 1 aromatic carbocycles. The number of amides is 1. The van der Waals surface area contributed by atoms with Crippen LogP contribution in [0.3, 0.4) is 0 Å². The summed E-state index contributed by atoms with van der Waals surface area (Å²) in [6.07, 6.45) is 4.42. The van der Waals surface area contributed by atoms with Crippen molar-refractivity contribution in [1.29, 1.82) is 0 Å². The number of hydrogen-bond acceptors (Lipinski definition) is 2. The smallest absolute Gasteiger partial charge is 0.239 e. The summed E-state index contributed by atoms with van der Waals surface area (Å²) < 4.78 is 0. The zero-order valence-corrected chi connectivity index (χ0v) is 11.0. The summed E-state index contributed by atoms with van der Waals surface area (Å²) in [6.45, 7) is 0.195. The molecule has 1 aliphatic carbocycles. The van der Waals surface area contributed by atoms with E-state index in [1.807, 2.05) is 24.3 Å². The van der Waals surface area contributed by atoms with Gasteiger partial charge in [0.05, 0.1) is 6.61 Å². The van der Waals surface area contributed by atoms with Gasteiger partial charge in [0.15, 0.2) is 0 Å². The monoisotopic (exact) mass is 267 g/mol. The van der Waals surface area contributed by atoms with Crippen LogP contribution in [0.15, 0.2) is 24.3 Å². The summed E-state index contributed by atoms with van der Waals surface area (Å²) in [5, 5.41) is 12.3. The Kier molecular flexibility index (Phi) is 4.25. The van der Waals surface area contributed by atoms with Crippen molar-refractivity contribution < 1.29 is 9.90 Å². The van der Waals surface area contributed by atoms with Gasteiger partial charge in [0, 0.05) is 11.1 Å². The van der Waals surface area contributed by atoms with Crippen LogP contribution in [-0.4, -0.2) is 23.5 Å². The topological polar surface area (TPSA) is 49.3 Å². The van der Waals surface area contributed by atoms with Crippen molar-refractivity contribution >= 4 is 23.2 Å². The fourth-order valence-electron chi connectivity index (χ4n) is 2.69. The molecule has 2 N–H and O–H groups in total. The number of benzene rings is 1. The average molecular weight is 268 g/mol. The Labute approximate surface area is 112 Å². The summed E-state index contributed by atoms with van der Waals surface area (Å²) in [5.74, 6) is -0.246. The van der Waals surface area contributed by atoms with E-state index in [0.717, 1.165) is 24.1 Å². The minimum atomic E-state index is -0.206. The zero-order valence-electron chi connectivity index (χ0n) is 10.3. The van der Waals surface area contributed by atoms with Gasteiger partial charge in [-0.05, 0) is 30.5 Å². The molecule has 1 amide bonds. The molecule has 1 aromatic rings. The van der Waals surface area contributed by atoms with E-state index in [4.69, 9.17) is 11.6 Å². The minimum Gasteiger partial charge on any atom is -0.395 e. The van der Waals surface area contributed by atoms with Gasteiger partial charge in [-0.15, -0.1) is 11.6 Å². The lowest BCUT2D eigenvalue weighted by Crippen LogP contribution is -2.26. The van der Waals surface area contributed by atoms with Crippen LogP contribution in [0.5, 0.6) is 0 Å². The molecule has 0 heterocycles. The first-order valence-corrected chi connectivity index (χ1v) is 6.81. The molecule has 0 aliphatic heterocycles. The van der Waals surface area contributed by atoms with E-state index in [2.05, 4.69) is 5.32 Å². The molecule has 0 spiro atoms. The normalized spacial score (nSPS) is 17.7. The molecule has 3 nitrogen and oxygen atoms in total. The molecule has 1 fully saturated rings. The van der Waals surface area contributed by atoms with Crippen molar-refractivity contribution in [3.05, 3.63) is 29.8 Å². The Morgan fingerprint density at radius 2 is 1.89 bits per heavy atom. The third kappa shape index (κ3) is 2.68. The molecule has 4 heteroatoms. The van der Waals surface area contributed by atoms with Crippen LogP contribution in [-0.2, 0) is 10.2 Å². The van der Waals surface area contributed by atoms with E-state index in [9.17, 15) is 9.90 Å². The second kappa shape index (κ2) is 5.72. The molecule has 0 unspecified atom stereocenters. The molecule has 18 heavy (non-hydrogen) atoms. The lowest BCUT2D eigenvalue weighted by Gasteiger charge is -2.27. The second-order valence-corrected chi connectivity index (χ2v) is 5.17. The molecule has 2 rings (SSSR count). The van der Waals surface area contributed by atoms with Gasteiger partial charge in [-0.2, -0.15) is 0 Å². The number of aliphatic hydroxyl groups excluding tert-OH is 1. The van der Waals surface area contributed by atoms with Crippen molar-refractivity contribution in [2.45, 2.75) is 31.1 Å². The largest absolute Gasteiger partial charge is 0.395 e. The Morgan fingerprint density at radius 3 is 2.39 bits per heavy atom. The molecular weight excluding hydrogens is 250 g/mol. The number of carbonyl (C=O) groups excluding carboxylic acids is 1. The van der Waals surface area contributed by atoms with Gasteiger partial charge in [-0.25, -0.2) is 0 Å². The summed E-state index contributed by atoms with van der Waals surface area (Å²) in [5.41, 5.74) is 1.83. The van der Waals surface area contributed by atoms with Crippen LogP contribution in [0.1, 0.15) is 31.2 Å². The lowest BCUT2D eigenvalue weighted by molar-refractivity contribution is -0.113. The van der Waals surface area contributed by atoms with E-state index in [1.54, 1.807) is 0 Å². The van der Waals surface area contributed by atoms with Crippen molar-refractivity contribution in [2.24, 2.45) is 0 Å². The first kappa shape index (κ1) is 13.4. The number of alkyl halides is 1. The van der Waals surface area contributed by atoms with E-state index in [0.29, 0.717) is 0 Å². The van der Waals surface area contributed by atoms with E-state index in [1.165, 1.54) is 12.8 Å². The third-order valence-corrected chi connectivity index (χ3v) is 4.01. The van der Waals surface area contributed by atoms with Crippen molar-refractivity contribution in [2.75, 3.05) is 17.8 Å². The van der Waals surface area contributed by atoms with E-state index in [-0.39, 0.29) is 23.8 Å². The predicted molar refractivity (Wildman–Crippen MR) is 73.0 cm³/mol. The SMILES string of the molecule is O=C(CCl)Nc1ccc(C2(CO)CCCC2)cc1. The maximum atomic E-state index is 11.2. The summed E-state index contributed by atoms with van der Waals surface area (Å²) in [7, 11) is 0. The quantitative estimate of drug-likeness (QED) is 0.824. The van der Waals surface area contributed by atoms with Crippen molar-refractivity contribution in [1.82, 2.24) is 0 Å². The average Bonchev–Trinajstić information content (AvgIpc) is 2.89. The number of rotatable bonds is 4. The van der Waals surface area contributed by atoms with Gasteiger partial charge < -0.3 is 10.4 Å². The van der Waals surface area contributed by atoms with Gasteiger partial charge in [0.25, 0.3) is 0 Å². The highest BCUT2D eigenvalue weighted by Gasteiger charge is 2.34. The molecule has 0 atom stereocenters. The van der Waals surface area contributed by atoms with E-state index >= 15 is 0 Å². The molecule has 0 bridgehead atoms. The van der Waals surface area contributed by atoms with Crippen molar-refractivity contribution in [3.63, 3.8) is 0 Å². The molecule has 98 valence electrons. The summed E-state index contributed by atoms with van der Waals surface area (Å²) in [6, 6.07) is 7.72. The highest BCUT2D eigenvalue weighted by Crippen LogP contribution is 2.40. The molecule has 0 saturated heterocycles. The molecule has 1 aliphatic rings. The maximum Gasteiger partial charge on any atom is 0.239 e. The van der Waals surface area contributed by atoms with Crippen LogP contribution in [0, 0.1) is 0 Å². The van der Waals surface area contributed by atoms with Crippen molar-refractivity contribution in [3.8, 4) is 0 Å². The predicted octanol–water partition coefficient (Wildman–Crippen LogP) is 2.67. The second-order valence-electron chi connectivity index (χ2n) is 4.90. The van der Waals surface area contributed by atoms with Gasteiger partial charge in [-0.3, -0.25) is 4.79 Å². The van der Waals surface area contributed by atoms with Gasteiger partial charge in [0.2, 0.25) is 5.91 Å². The van der Waals surface area contributed by atoms with Crippen LogP contribution < -0.4 is 5.32 Å². The number of nitrogens with one attached hydrogen (secondary N) is 1. The Balaban J connectivity index is 2.14. The first-order chi connectivity index (χ1) is 8.70. The maximum absolute atomic E-state index is 11.2. The lowest BCUT2D eigenvalue weighted by atomic mass is 9.80. The zero-order chi connectivity index (χ0) is 13.0. The number of hydrogen-bond donors (Lipinski definition) is 2. The van der Waals surface area contributed by atoms with Gasteiger partial charge in [-0.1, -0.05) is 25.0 Å². The summed E-state index contributed by atoms with van der Waals surface area (Å²) >= 11 is 5.44. The first-order valence-electron chi connectivity index (χ1n) is 6.27. The van der Waals surface area contributed by atoms with Crippen LogP contribution in [0.4, 0.5) is 5.69 Å². The standard InChI is InChI=1S/C14H18ClNO2/c15-9-13(18)16-12-5-3-11(4-6-12)14(10-17)7-1-2-8-14/h3-6,17H,1-2,7-10H2,(H,16,18). The van der Waals surface area contributed by atoms with Crippen LogP contribution in [0.25, 0.3) is 0 Å². The number of carbonyl (C=O) groups is 1. The molecule has 0 radical (unpaired) electrons. The number of aliphatic hydroxyl groups is 1. The highest BCUT2D eigenvalue weighted by molar-refractivity contribution is 6.29. The fraction of sp³-hybridized carbons (Fsp3) is 0.500. The van der Waals surface area contributed by atoms with Crippen LogP contribution in [0.2, 0.25) is 0 Å². The third-order valence-electron chi connectivity index (χ3n) is 3.77. The van der Waals surface area contributed by atoms with E-state index < -0.39 is 0 Å². The number of anilines is 1. The van der Waals surface area contributed by atoms with Gasteiger partial charge in [0.1, 0.15) is 5.88 Å². The Morgan fingerprint density at radius 1 is 1.28 bits per heavy atom. The minimum absolute atomic E-state index is 0.0394. The highest BCUT2D eigenvalue weighted by atomic mass is 35.5. The molecule has 0 aromatic heterocycles. The van der Waals surface area contributed by atoms with Gasteiger partial charge >= 0.3 is 0 Å². The Hall–Kier alpha value is -1.06. The summed E-state index contributed by atoms with van der Waals surface area (Å²) in [4.78, 5) is 11.2. The van der Waals surface area contributed by atoms with Crippen LogP contribution >= 0.6 is 11.6 Å².